The van der Waals surface area contributed by atoms with Crippen molar-refractivity contribution in [3.05, 3.63) is 36.0 Å². The molecule has 2 aromatic rings. The fourth-order valence-corrected chi connectivity index (χ4v) is 2.87. The Balaban J connectivity index is 1.57. The van der Waals surface area contributed by atoms with Gasteiger partial charge in [-0.05, 0) is 37.1 Å². The molecule has 3 rings (SSSR count). The molecule has 122 valence electrons. The van der Waals surface area contributed by atoms with Crippen molar-refractivity contribution >= 4 is 5.97 Å². The number of hydrogen-bond acceptors (Lipinski definition) is 5. The molecule has 0 radical (unpaired) electrons. The summed E-state index contributed by atoms with van der Waals surface area (Å²) in [6, 6.07) is 9.32. The van der Waals surface area contributed by atoms with Crippen LogP contribution < -0.4 is 4.74 Å². The van der Waals surface area contributed by atoms with Gasteiger partial charge in [-0.3, -0.25) is 4.79 Å². The van der Waals surface area contributed by atoms with Crippen molar-refractivity contribution in [2.24, 2.45) is 5.92 Å². The Labute approximate surface area is 135 Å². The van der Waals surface area contributed by atoms with Gasteiger partial charge < -0.3 is 14.0 Å². The number of ether oxygens (including phenoxy) is 2. The molecule has 0 aliphatic heterocycles. The third kappa shape index (κ3) is 3.92. The lowest BCUT2D eigenvalue weighted by Gasteiger charge is -2.19. The van der Waals surface area contributed by atoms with Crippen LogP contribution in [0.4, 0.5) is 0 Å². The van der Waals surface area contributed by atoms with E-state index in [1.54, 1.807) is 13.2 Å². The Morgan fingerprint density at radius 3 is 2.65 bits per heavy atom. The SMILES string of the molecule is COc1ccc(-c2cc(COC(=O)C3CCCCC3)no2)cc1. The van der Waals surface area contributed by atoms with Crippen molar-refractivity contribution < 1.29 is 18.8 Å². The molecule has 0 amide bonds. The quantitative estimate of drug-likeness (QED) is 0.781. The van der Waals surface area contributed by atoms with Gasteiger partial charge in [-0.15, -0.1) is 0 Å². The maximum atomic E-state index is 12.0. The molecule has 0 N–H and O–H groups in total. The van der Waals surface area contributed by atoms with Crippen molar-refractivity contribution in [2.45, 2.75) is 38.7 Å². The van der Waals surface area contributed by atoms with E-state index in [1.165, 1.54) is 6.42 Å². The molecule has 1 heterocycles. The number of nitrogens with zero attached hydrogens (tertiary/aromatic N) is 1. The molecule has 1 aliphatic rings. The predicted octanol–water partition coefficient (Wildman–Crippen LogP) is 3.97. The van der Waals surface area contributed by atoms with E-state index in [1.807, 2.05) is 24.3 Å². The van der Waals surface area contributed by atoms with E-state index in [-0.39, 0.29) is 18.5 Å². The molecule has 0 atom stereocenters. The molecule has 23 heavy (non-hydrogen) atoms. The standard InChI is InChI=1S/C18H21NO4/c1-21-16-9-7-13(8-10-16)17-11-15(19-23-17)12-22-18(20)14-5-3-2-4-6-14/h7-11,14H,2-6,12H2,1H3. The molecule has 0 bridgehead atoms. The molecule has 0 saturated heterocycles. The number of hydrogen-bond donors (Lipinski definition) is 0. The summed E-state index contributed by atoms with van der Waals surface area (Å²) in [5, 5.41) is 3.97. The second kappa shape index (κ2) is 7.31. The average molecular weight is 315 g/mol. The van der Waals surface area contributed by atoms with Crippen molar-refractivity contribution in [3.8, 4) is 17.1 Å². The molecule has 1 fully saturated rings. The highest BCUT2D eigenvalue weighted by Crippen LogP contribution is 2.26. The summed E-state index contributed by atoms with van der Waals surface area (Å²) in [6.07, 6.45) is 5.33. The summed E-state index contributed by atoms with van der Waals surface area (Å²) >= 11 is 0. The highest BCUT2D eigenvalue weighted by atomic mass is 16.5. The lowest BCUT2D eigenvalue weighted by atomic mass is 9.89. The highest BCUT2D eigenvalue weighted by Gasteiger charge is 2.22. The van der Waals surface area contributed by atoms with Crippen LogP contribution in [0.2, 0.25) is 0 Å². The maximum Gasteiger partial charge on any atom is 0.309 e. The van der Waals surface area contributed by atoms with Crippen molar-refractivity contribution in [1.29, 1.82) is 0 Å². The van der Waals surface area contributed by atoms with Gasteiger partial charge in [0.05, 0.1) is 13.0 Å². The Bertz CT molecular complexity index is 641. The minimum absolute atomic E-state index is 0.0525. The van der Waals surface area contributed by atoms with Crippen LogP contribution in [-0.4, -0.2) is 18.2 Å². The molecule has 1 saturated carbocycles. The minimum Gasteiger partial charge on any atom is -0.497 e. The van der Waals surface area contributed by atoms with E-state index in [0.717, 1.165) is 37.0 Å². The Hall–Kier alpha value is -2.30. The Kier molecular flexibility index (Phi) is 4.95. The smallest absolute Gasteiger partial charge is 0.309 e. The van der Waals surface area contributed by atoms with Crippen molar-refractivity contribution in [1.82, 2.24) is 5.16 Å². The number of methoxy groups -OCH3 is 1. The molecular formula is C18H21NO4. The van der Waals surface area contributed by atoms with Gasteiger partial charge in [-0.2, -0.15) is 0 Å². The second-order valence-electron chi connectivity index (χ2n) is 5.85. The van der Waals surface area contributed by atoms with Crippen LogP contribution in [0.3, 0.4) is 0 Å². The summed E-state index contributed by atoms with van der Waals surface area (Å²) in [5.41, 5.74) is 1.53. The van der Waals surface area contributed by atoms with Crippen LogP contribution >= 0.6 is 0 Å². The van der Waals surface area contributed by atoms with Crippen LogP contribution in [0, 0.1) is 5.92 Å². The van der Waals surface area contributed by atoms with Gasteiger partial charge in [-0.1, -0.05) is 24.4 Å². The first-order valence-electron chi connectivity index (χ1n) is 8.03. The molecule has 0 unspecified atom stereocenters. The zero-order valence-electron chi connectivity index (χ0n) is 13.3. The summed E-state index contributed by atoms with van der Waals surface area (Å²) in [5.74, 6) is 1.38. The van der Waals surface area contributed by atoms with Gasteiger partial charge in [0.1, 0.15) is 18.1 Å². The topological polar surface area (TPSA) is 61.6 Å². The van der Waals surface area contributed by atoms with E-state index < -0.39 is 0 Å². The van der Waals surface area contributed by atoms with Crippen LogP contribution in [-0.2, 0) is 16.1 Å². The third-order valence-corrected chi connectivity index (χ3v) is 4.23. The average Bonchev–Trinajstić information content (AvgIpc) is 3.09. The molecule has 1 aromatic heterocycles. The predicted molar refractivity (Wildman–Crippen MR) is 84.9 cm³/mol. The minimum atomic E-state index is -0.112. The van der Waals surface area contributed by atoms with E-state index in [2.05, 4.69) is 5.16 Å². The van der Waals surface area contributed by atoms with Gasteiger partial charge in [0.2, 0.25) is 0 Å². The molecule has 5 nitrogen and oxygen atoms in total. The van der Waals surface area contributed by atoms with E-state index in [4.69, 9.17) is 14.0 Å². The summed E-state index contributed by atoms with van der Waals surface area (Å²) in [6.45, 7) is 0.162. The summed E-state index contributed by atoms with van der Waals surface area (Å²) in [7, 11) is 1.63. The molecule has 1 aliphatic carbocycles. The van der Waals surface area contributed by atoms with E-state index in [0.29, 0.717) is 11.5 Å². The molecular weight excluding hydrogens is 294 g/mol. The van der Waals surface area contributed by atoms with E-state index >= 15 is 0 Å². The summed E-state index contributed by atoms with van der Waals surface area (Å²) in [4.78, 5) is 12.0. The Morgan fingerprint density at radius 2 is 1.96 bits per heavy atom. The largest absolute Gasteiger partial charge is 0.497 e. The van der Waals surface area contributed by atoms with Crippen molar-refractivity contribution in [2.75, 3.05) is 7.11 Å². The first kappa shape index (κ1) is 15.6. The fourth-order valence-electron chi connectivity index (χ4n) is 2.87. The van der Waals surface area contributed by atoms with Crippen LogP contribution in [0.15, 0.2) is 34.9 Å². The maximum absolute atomic E-state index is 12.0. The van der Waals surface area contributed by atoms with Crippen LogP contribution in [0.25, 0.3) is 11.3 Å². The molecule has 0 spiro atoms. The van der Waals surface area contributed by atoms with Crippen molar-refractivity contribution in [3.63, 3.8) is 0 Å². The van der Waals surface area contributed by atoms with E-state index in [9.17, 15) is 4.79 Å². The second-order valence-corrected chi connectivity index (χ2v) is 5.85. The van der Waals surface area contributed by atoms with Gasteiger partial charge in [0.15, 0.2) is 5.76 Å². The fraction of sp³-hybridized carbons (Fsp3) is 0.444. The van der Waals surface area contributed by atoms with Gasteiger partial charge in [0.25, 0.3) is 0 Å². The first-order chi connectivity index (χ1) is 11.3. The number of esters is 1. The first-order valence-corrected chi connectivity index (χ1v) is 8.03. The number of rotatable bonds is 5. The van der Waals surface area contributed by atoms with Gasteiger partial charge in [0, 0.05) is 11.6 Å². The number of carbonyl (C=O) groups is 1. The van der Waals surface area contributed by atoms with Crippen LogP contribution in [0.5, 0.6) is 5.75 Å². The number of carbonyl (C=O) groups excluding carboxylic acids is 1. The zero-order chi connectivity index (χ0) is 16.1. The number of benzene rings is 1. The Morgan fingerprint density at radius 1 is 1.22 bits per heavy atom. The monoisotopic (exact) mass is 315 g/mol. The van der Waals surface area contributed by atoms with Gasteiger partial charge in [-0.25, -0.2) is 0 Å². The number of aromatic nitrogens is 1. The summed E-state index contributed by atoms with van der Waals surface area (Å²) < 4.78 is 15.8. The normalized spacial score (nSPS) is 15.3. The van der Waals surface area contributed by atoms with Crippen LogP contribution in [0.1, 0.15) is 37.8 Å². The third-order valence-electron chi connectivity index (χ3n) is 4.23. The highest BCUT2D eigenvalue weighted by molar-refractivity contribution is 5.72. The molecule has 5 heteroatoms. The molecule has 1 aromatic carbocycles. The lowest BCUT2D eigenvalue weighted by molar-refractivity contribution is -0.151. The zero-order valence-corrected chi connectivity index (χ0v) is 13.3. The van der Waals surface area contributed by atoms with Gasteiger partial charge >= 0.3 is 5.97 Å². The lowest BCUT2D eigenvalue weighted by Crippen LogP contribution is -2.20.